The Morgan fingerprint density at radius 1 is 1.20 bits per heavy atom. The van der Waals surface area contributed by atoms with E-state index in [9.17, 15) is 18.0 Å². The van der Waals surface area contributed by atoms with Gasteiger partial charge in [0.15, 0.2) is 11.5 Å². The Hall–Kier alpha value is -2.33. The van der Waals surface area contributed by atoms with E-state index < -0.39 is 27.9 Å². The summed E-state index contributed by atoms with van der Waals surface area (Å²) < 4.78 is 36.9. The molecule has 25 heavy (non-hydrogen) atoms. The second kappa shape index (κ2) is 9.23. The largest absolute Gasteiger partial charge is 0.493 e. The van der Waals surface area contributed by atoms with Crippen molar-refractivity contribution in [2.24, 2.45) is 0 Å². The van der Waals surface area contributed by atoms with Gasteiger partial charge < -0.3 is 19.9 Å². The van der Waals surface area contributed by atoms with Crippen LogP contribution in [-0.4, -0.2) is 52.2 Å². The van der Waals surface area contributed by atoms with Crippen LogP contribution in [0, 0.1) is 0 Å². The zero-order chi connectivity index (χ0) is 19.0. The molecule has 0 aliphatic heterocycles. The lowest BCUT2D eigenvalue weighted by Gasteiger charge is -2.13. The number of hydrogen-bond acceptors (Lipinski definition) is 6. The number of nitrogens with one attached hydrogen (secondary N) is 2. The minimum absolute atomic E-state index is 0.0393. The lowest BCUT2D eigenvalue weighted by molar-refractivity contribution is -0.141. The first-order valence-corrected chi connectivity index (χ1v) is 8.97. The summed E-state index contributed by atoms with van der Waals surface area (Å²) in [6, 6.07) is 3.12. The Kier molecular flexibility index (Phi) is 7.65. The number of hydrogen-bond donors (Lipinski definition) is 3. The second-order valence-corrected chi connectivity index (χ2v) is 6.80. The van der Waals surface area contributed by atoms with E-state index in [1.807, 2.05) is 0 Å². The predicted molar refractivity (Wildman–Crippen MR) is 89.2 cm³/mol. The Morgan fingerprint density at radius 3 is 2.36 bits per heavy atom. The van der Waals surface area contributed by atoms with E-state index in [4.69, 9.17) is 14.6 Å². The van der Waals surface area contributed by atoms with Gasteiger partial charge in [-0.25, -0.2) is 17.9 Å². The molecule has 0 saturated heterocycles. The molecule has 1 aromatic carbocycles. The number of carboxylic acid groups (broad SMARTS) is 1. The highest BCUT2D eigenvalue weighted by atomic mass is 32.2. The van der Waals surface area contributed by atoms with Crippen molar-refractivity contribution in [3.05, 3.63) is 18.2 Å². The van der Waals surface area contributed by atoms with Crippen molar-refractivity contribution in [3.63, 3.8) is 0 Å². The number of benzene rings is 1. The maximum Gasteiger partial charge on any atom is 0.326 e. The summed E-state index contributed by atoms with van der Waals surface area (Å²) in [5.74, 6) is -1.04. The van der Waals surface area contributed by atoms with Gasteiger partial charge in [-0.1, -0.05) is 6.92 Å². The Balaban J connectivity index is 2.67. The van der Waals surface area contributed by atoms with Crippen LogP contribution in [0.15, 0.2) is 23.1 Å². The number of rotatable bonds is 10. The first-order chi connectivity index (χ1) is 11.7. The van der Waals surface area contributed by atoms with Gasteiger partial charge >= 0.3 is 5.97 Å². The molecule has 0 radical (unpaired) electrons. The number of sulfonamides is 1. The predicted octanol–water partition coefficient (Wildman–Crippen LogP) is 0.352. The SMILES string of the molecule is CCC(NC(=O)CCNS(=O)(=O)c1ccc(OC)c(OC)c1)C(=O)O. The summed E-state index contributed by atoms with van der Waals surface area (Å²) in [6.45, 7) is 1.46. The van der Waals surface area contributed by atoms with E-state index >= 15 is 0 Å². The van der Waals surface area contributed by atoms with E-state index in [1.165, 1.54) is 32.4 Å². The molecule has 140 valence electrons. The summed E-state index contributed by atoms with van der Waals surface area (Å²) in [7, 11) is -1.02. The third kappa shape index (κ3) is 5.91. The van der Waals surface area contributed by atoms with E-state index in [2.05, 4.69) is 10.0 Å². The first kappa shape index (κ1) is 20.7. The van der Waals surface area contributed by atoms with Crippen molar-refractivity contribution in [1.29, 1.82) is 0 Å². The van der Waals surface area contributed by atoms with Crippen LogP contribution in [0.3, 0.4) is 0 Å². The lowest BCUT2D eigenvalue weighted by Crippen LogP contribution is -2.41. The third-order valence-electron chi connectivity index (χ3n) is 3.35. The fraction of sp³-hybridized carbons (Fsp3) is 0.467. The number of methoxy groups -OCH3 is 2. The van der Waals surface area contributed by atoms with Crippen molar-refractivity contribution >= 4 is 21.9 Å². The van der Waals surface area contributed by atoms with Gasteiger partial charge in [0, 0.05) is 19.0 Å². The maximum atomic E-state index is 12.2. The molecular weight excluding hydrogens is 352 g/mol. The topological polar surface area (TPSA) is 131 Å². The van der Waals surface area contributed by atoms with Crippen LogP contribution < -0.4 is 19.5 Å². The van der Waals surface area contributed by atoms with Crippen molar-refractivity contribution in [1.82, 2.24) is 10.0 Å². The Labute approximate surface area is 146 Å². The molecule has 0 fully saturated rings. The van der Waals surface area contributed by atoms with E-state index in [0.717, 1.165) is 0 Å². The maximum absolute atomic E-state index is 12.2. The monoisotopic (exact) mass is 374 g/mol. The van der Waals surface area contributed by atoms with E-state index in [0.29, 0.717) is 5.75 Å². The fourth-order valence-corrected chi connectivity index (χ4v) is 3.02. The summed E-state index contributed by atoms with van der Waals surface area (Å²) in [6.07, 6.45) is 0.0503. The van der Waals surface area contributed by atoms with Crippen molar-refractivity contribution in [2.45, 2.75) is 30.7 Å². The molecule has 0 saturated carbocycles. The van der Waals surface area contributed by atoms with Crippen LogP contribution in [0.4, 0.5) is 0 Å². The van der Waals surface area contributed by atoms with E-state index in [1.54, 1.807) is 6.92 Å². The number of carbonyl (C=O) groups excluding carboxylic acids is 1. The molecule has 9 nitrogen and oxygen atoms in total. The second-order valence-electron chi connectivity index (χ2n) is 5.03. The molecule has 0 spiro atoms. The first-order valence-electron chi connectivity index (χ1n) is 7.49. The van der Waals surface area contributed by atoms with Gasteiger partial charge in [-0.05, 0) is 18.6 Å². The highest BCUT2D eigenvalue weighted by Gasteiger charge is 2.19. The molecule has 3 N–H and O–H groups in total. The molecule has 1 rings (SSSR count). The van der Waals surface area contributed by atoms with Gasteiger partial charge in [0.1, 0.15) is 6.04 Å². The average molecular weight is 374 g/mol. The number of carbonyl (C=O) groups is 2. The number of aliphatic carboxylic acids is 1. The van der Waals surface area contributed by atoms with Crippen LogP contribution in [-0.2, 0) is 19.6 Å². The molecule has 0 aliphatic carbocycles. The van der Waals surface area contributed by atoms with Crippen molar-refractivity contribution < 1.29 is 32.6 Å². The number of ether oxygens (including phenoxy) is 2. The van der Waals surface area contributed by atoms with Crippen LogP contribution in [0.1, 0.15) is 19.8 Å². The minimum atomic E-state index is -3.85. The van der Waals surface area contributed by atoms with Gasteiger partial charge in [-0.2, -0.15) is 0 Å². The molecule has 0 bridgehead atoms. The fourth-order valence-electron chi connectivity index (χ4n) is 1.97. The minimum Gasteiger partial charge on any atom is -0.493 e. The zero-order valence-electron chi connectivity index (χ0n) is 14.2. The van der Waals surface area contributed by atoms with Gasteiger partial charge in [-0.3, -0.25) is 4.79 Å². The molecule has 1 unspecified atom stereocenters. The summed E-state index contributed by atoms with van der Waals surface area (Å²) >= 11 is 0. The van der Waals surface area contributed by atoms with E-state index in [-0.39, 0.29) is 30.0 Å². The average Bonchev–Trinajstić information content (AvgIpc) is 2.58. The van der Waals surface area contributed by atoms with Gasteiger partial charge in [-0.15, -0.1) is 0 Å². The summed E-state index contributed by atoms with van der Waals surface area (Å²) in [5.41, 5.74) is 0. The van der Waals surface area contributed by atoms with Crippen molar-refractivity contribution in [2.75, 3.05) is 20.8 Å². The molecule has 0 heterocycles. The number of carboxylic acids is 1. The van der Waals surface area contributed by atoms with Crippen LogP contribution >= 0.6 is 0 Å². The lowest BCUT2D eigenvalue weighted by atomic mass is 10.2. The van der Waals surface area contributed by atoms with Gasteiger partial charge in [0.2, 0.25) is 15.9 Å². The normalized spacial score (nSPS) is 12.3. The molecule has 10 heteroatoms. The summed E-state index contributed by atoms with van der Waals surface area (Å²) in [4.78, 5) is 22.5. The smallest absolute Gasteiger partial charge is 0.326 e. The standard InChI is InChI=1S/C15H22N2O7S/c1-4-11(15(19)20)17-14(18)7-8-16-25(21,22)10-5-6-12(23-2)13(9-10)24-3/h5-6,9,11,16H,4,7-8H2,1-3H3,(H,17,18)(H,19,20). The van der Waals surface area contributed by atoms with Gasteiger partial charge in [0.25, 0.3) is 0 Å². The zero-order valence-corrected chi connectivity index (χ0v) is 15.1. The Morgan fingerprint density at radius 2 is 1.84 bits per heavy atom. The van der Waals surface area contributed by atoms with Gasteiger partial charge in [0.05, 0.1) is 19.1 Å². The van der Waals surface area contributed by atoms with Crippen molar-refractivity contribution in [3.8, 4) is 11.5 Å². The van der Waals surface area contributed by atoms with Crippen LogP contribution in [0.5, 0.6) is 11.5 Å². The highest BCUT2D eigenvalue weighted by molar-refractivity contribution is 7.89. The van der Waals surface area contributed by atoms with Crippen LogP contribution in [0.2, 0.25) is 0 Å². The Bertz CT molecular complexity index is 719. The molecule has 1 amide bonds. The van der Waals surface area contributed by atoms with Crippen LogP contribution in [0.25, 0.3) is 0 Å². The summed E-state index contributed by atoms with van der Waals surface area (Å²) in [5, 5.41) is 11.2. The third-order valence-corrected chi connectivity index (χ3v) is 4.81. The molecule has 1 atom stereocenters. The highest BCUT2D eigenvalue weighted by Crippen LogP contribution is 2.29. The molecule has 0 aromatic heterocycles. The quantitative estimate of drug-likeness (QED) is 0.538. The molecule has 0 aliphatic rings. The number of amides is 1. The molecular formula is C15H22N2O7S. The molecule has 1 aromatic rings.